The molecule has 3 amide bonds. The zero-order valence-corrected chi connectivity index (χ0v) is 14.7. The fraction of sp³-hybridized carbons (Fsp3) is 0.412. The first-order chi connectivity index (χ1) is 12.4. The first kappa shape index (κ1) is 17.8. The molecular formula is C17H21FN6O2. The lowest BCUT2D eigenvalue weighted by Gasteiger charge is -2.24. The van der Waals surface area contributed by atoms with Gasteiger partial charge in [-0.15, -0.1) is 5.10 Å². The Bertz CT molecular complexity index is 806. The molecule has 9 heteroatoms. The first-order valence-electron chi connectivity index (χ1n) is 8.36. The summed E-state index contributed by atoms with van der Waals surface area (Å²) in [4.78, 5) is 31.4. The fourth-order valence-electron chi connectivity index (χ4n) is 2.95. The summed E-state index contributed by atoms with van der Waals surface area (Å²) in [5.74, 6) is -0.314. The van der Waals surface area contributed by atoms with E-state index in [9.17, 15) is 14.0 Å². The summed E-state index contributed by atoms with van der Waals surface area (Å²) in [7, 11) is 3.31. The van der Waals surface area contributed by atoms with Crippen LogP contribution in [-0.4, -0.2) is 57.1 Å². The molecule has 1 aromatic carbocycles. The number of halogens is 1. The van der Waals surface area contributed by atoms with Crippen molar-refractivity contribution in [3.05, 3.63) is 42.0 Å². The number of rotatable bonds is 4. The molecule has 1 saturated heterocycles. The predicted octanol–water partition coefficient (Wildman–Crippen LogP) is 1.87. The van der Waals surface area contributed by atoms with Gasteiger partial charge in [-0.1, -0.05) is 12.1 Å². The van der Waals surface area contributed by atoms with Crippen LogP contribution in [0.1, 0.15) is 24.4 Å². The first-order valence-corrected chi connectivity index (χ1v) is 8.36. The van der Waals surface area contributed by atoms with Gasteiger partial charge in [-0.05, 0) is 30.5 Å². The Labute approximate surface area is 150 Å². The van der Waals surface area contributed by atoms with Crippen LogP contribution in [0.2, 0.25) is 0 Å². The number of benzene rings is 1. The summed E-state index contributed by atoms with van der Waals surface area (Å²) in [6.07, 6.45) is 3.01. The zero-order chi connectivity index (χ0) is 18.7. The Morgan fingerprint density at radius 2 is 2.19 bits per heavy atom. The van der Waals surface area contributed by atoms with E-state index in [-0.39, 0.29) is 36.3 Å². The number of amides is 3. The highest BCUT2D eigenvalue weighted by Crippen LogP contribution is 2.32. The third-order valence-electron chi connectivity index (χ3n) is 4.30. The Hall–Kier alpha value is -2.97. The van der Waals surface area contributed by atoms with Gasteiger partial charge in [0.05, 0.1) is 6.04 Å². The summed E-state index contributed by atoms with van der Waals surface area (Å²) in [6.45, 7) is 0.623. The second-order valence-corrected chi connectivity index (χ2v) is 6.39. The van der Waals surface area contributed by atoms with Gasteiger partial charge in [-0.2, -0.15) is 0 Å². The van der Waals surface area contributed by atoms with Crippen LogP contribution in [-0.2, 0) is 11.3 Å². The average Bonchev–Trinajstić information content (AvgIpc) is 3.24. The van der Waals surface area contributed by atoms with E-state index in [1.807, 2.05) is 6.07 Å². The average molecular weight is 360 g/mol. The Kier molecular flexibility index (Phi) is 5.15. The van der Waals surface area contributed by atoms with Gasteiger partial charge in [0.15, 0.2) is 0 Å². The molecule has 2 heterocycles. The molecule has 0 saturated carbocycles. The molecule has 1 aliphatic rings. The highest BCUT2D eigenvalue weighted by atomic mass is 19.1. The molecular weight excluding hydrogens is 339 g/mol. The smallest absolute Gasteiger partial charge is 0.324 e. The molecule has 0 bridgehead atoms. The molecule has 1 unspecified atom stereocenters. The van der Waals surface area contributed by atoms with Crippen molar-refractivity contribution in [3.8, 4) is 0 Å². The molecule has 1 atom stereocenters. The van der Waals surface area contributed by atoms with Crippen LogP contribution < -0.4 is 5.32 Å². The maximum Gasteiger partial charge on any atom is 0.324 e. The number of nitrogens with one attached hydrogen (secondary N) is 1. The molecule has 138 valence electrons. The zero-order valence-electron chi connectivity index (χ0n) is 14.7. The SMILES string of the molecule is CN(C)C(=O)Cn1cnc(NC(=O)N2CCCC2c2cccc(F)c2)n1. The largest absolute Gasteiger partial charge is 0.347 e. The maximum absolute atomic E-state index is 13.5. The van der Waals surface area contributed by atoms with Crippen molar-refractivity contribution in [1.29, 1.82) is 0 Å². The molecule has 2 aromatic rings. The second kappa shape index (κ2) is 7.51. The highest BCUT2D eigenvalue weighted by Gasteiger charge is 2.30. The lowest BCUT2D eigenvalue weighted by Crippen LogP contribution is -2.34. The lowest BCUT2D eigenvalue weighted by molar-refractivity contribution is -0.129. The minimum Gasteiger partial charge on any atom is -0.347 e. The van der Waals surface area contributed by atoms with E-state index < -0.39 is 0 Å². The highest BCUT2D eigenvalue weighted by molar-refractivity contribution is 5.88. The van der Waals surface area contributed by atoms with Crippen LogP contribution in [0, 0.1) is 5.82 Å². The third kappa shape index (κ3) is 3.98. The monoisotopic (exact) mass is 360 g/mol. The van der Waals surface area contributed by atoms with Crippen molar-refractivity contribution in [2.45, 2.75) is 25.4 Å². The van der Waals surface area contributed by atoms with Gasteiger partial charge in [0.2, 0.25) is 11.9 Å². The number of carbonyl (C=O) groups excluding carboxylic acids is 2. The van der Waals surface area contributed by atoms with E-state index in [4.69, 9.17) is 0 Å². The van der Waals surface area contributed by atoms with Crippen LogP contribution >= 0.6 is 0 Å². The molecule has 1 N–H and O–H groups in total. The number of anilines is 1. The molecule has 1 aromatic heterocycles. The minimum absolute atomic E-state index is 0.0471. The van der Waals surface area contributed by atoms with E-state index in [1.165, 1.54) is 28.0 Å². The van der Waals surface area contributed by atoms with Gasteiger partial charge in [-0.3, -0.25) is 10.1 Å². The molecule has 1 fully saturated rings. The molecule has 0 radical (unpaired) electrons. The normalized spacial score (nSPS) is 16.6. The summed E-state index contributed by atoms with van der Waals surface area (Å²) in [5.41, 5.74) is 0.771. The van der Waals surface area contributed by atoms with Crippen molar-refractivity contribution in [2.75, 3.05) is 26.0 Å². The van der Waals surface area contributed by atoms with Gasteiger partial charge in [0.1, 0.15) is 18.7 Å². The molecule has 26 heavy (non-hydrogen) atoms. The van der Waals surface area contributed by atoms with E-state index in [2.05, 4.69) is 15.4 Å². The lowest BCUT2D eigenvalue weighted by atomic mass is 10.0. The molecule has 1 aliphatic heterocycles. The molecule has 0 aliphatic carbocycles. The van der Waals surface area contributed by atoms with Crippen molar-refractivity contribution in [1.82, 2.24) is 24.6 Å². The standard InChI is InChI=1S/C17H21FN6O2/c1-22(2)15(25)10-23-11-19-16(21-23)20-17(26)24-8-4-7-14(24)12-5-3-6-13(18)9-12/h3,5-6,9,11,14H,4,7-8,10H2,1-2H3,(H,20,21,26). The summed E-state index contributed by atoms with van der Waals surface area (Å²) in [5, 5.41) is 6.74. The number of carbonyl (C=O) groups is 2. The summed E-state index contributed by atoms with van der Waals surface area (Å²) >= 11 is 0. The topological polar surface area (TPSA) is 83.4 Å². The van der Waals surface area contributed by atoms with Crippen LogP contribution in [0.25, 0.3) is 0 Å². The summed E-state index contributed by atoms with van der Waals surface area (Å²) < 4.78 is 14.9. The predicted molar refractivity (Wildman–Crippen MR) is 92.8 cm³/mol. The maximum atomic E-state index is 13.5. The van der Waals surface area contributed by atoms with Gasteiger partial charge < -0.3 is 9.80 Å². The Balaban J connectivity index is 1.66. The van der Waals surface area contributed by atoms with Crippen molar-refractivity contribution >= 4 is 17.9 Å². The van der Waals surface area contributed by atoms with E-state index in [0.29, 0.717) is 6.54 Å². The van der Waals surface area contributed by atoms with Gasteiger partial charge in [0.25, 0.3) is 0 Å². The van der Waals surface area contributed by atoms with Gasteiger partial charge in [0, 0.05) is 20.6 Å². The quantitative estimate of drug-likeness (QED) is 0.902. The second-order valence-electron chi connectivity index (χ2n) is 6.39. The summed E-state index contributed by atoms with van der Waals surface area (Å²) in [6, 6.07) is 5.78. The third-order valence-corrected chi connectivity index (χ3v) is 4.30. The number of hydrogen-bond donors (Lipinski definition) is 1. The van der Waals surface area contributed by atoms with E-state index in [0.717, 1.165) is 18.4 Å². The number of likely N-dealkylation sites (tertiary alicyclic amines) is 1. The molecule has 3 rings (SSSR count). The molecule has 0 spiro atoms. The van der Waals surface area contributed by atoms with E-state index in [1.54, 1.807) is 25.1 Å². The Morgan fingerprint density at radius 3 is 2.92 bits per heavy atom. The van der Waals surface area contributed by atoms with Crippen molar-refractivity contribution in [2.24, 2.45) is 0 Å². The Morgan fingerprint density at radius 1 is 1.38 bits per heavy atom. The molecule has 8 nitrogen and oxygen atoms in total. The van der Waals surface area contributed by atoms with E-state index >= 15 is 0 Å². The van der Waals surface area contributed by atoms with Crippen LogP contribution in [0.4, 0.5) is 15.1 Å². The van der Waals surface area contributed by atoms with Crippen molar-refractivity contribution < 1.29 is 14.0 Å². The minimum atomic E-state index is -0.339. The number of nitrogens with zero attached hydrogens (tertiary/aromatic N) is 5. The number of urea groups is 1. The van der Waals surface area contributed by atoms with Crippen molar-refractivity contribution in [3.63, 3.8) is 0 Å². The van der Waals surface area contributed by atoms with Crippen LogP contribution in [0.5, 0.6) is 0 Å². The number of hydrogen-bond acceptors (Lipinski definition) is 4. The van der Waals surface area contributed by atoms with Gasteiger partial charge >= 0.3 is 6.03 Å². The fourth-order valence-corrected chi connectivity index (χ4v) is 2.95. The number of likely N-dealkylation sites (N-methyl/N-ethyl adjacent to an activating group) is 1. The van der Waals surface area contributed by atoms with Crippen LogP contribution in [0.15, 0.2) is 30.6 Å². The van der Waals surface area contributed by atoms with Crippen LogP contribution in [0.3, 0.4) is 0 Å². The van der Waals surface area contributed by atoms with Gasteiger partial charge in [-0.25, -0.2) is 18.9 Å². The number of aromatic nitrogens is 3.